The second-order valence-electron chi connectivity index (χ2n) is 5.77. The average molecular weight is 419 g/mol. The smallest absolute Gasteiger partial charge is 0.308 e. The third-order valence-electron chi connectivity index (χ3n) is 3.72. The molecule has 1 aromatic carbocycles. The van der Waals surface area contributed by atoms with Crippen LogP contribution in [0.3, 0.4) is 0 Å². The largest absolute Gasteiger partial charge is 0.427 e. The van der Waals surface area contributed by atoms with Crippen LogP contribution in [-0.2, 0) is 14.4 Å². The summed E-state index contributed by atoms with van der Waals surface area (Å²) in [5, 5.41) is 5.17. The highest BCUT2D eigenvalue weighted by Gasteiger charge is 2.38. The summed E-state index contributed by atoms with van der Waals surface area (Å²) < 4.78 is 4.95. The molecule has 0 bridgehead atoms. The Morgan fingerprint density at radius 1 is 1.32 bits per heavy atom. The number of aromatic nitrogens is 1. The van der Waals surface area contributed by atoms with Crippen molar-refractivity contribution in [3.8, 4) is 5.75 Å². The lowest BCUT2D eigenvalue weighted by molar-refractivity contribution is -0.132. The minimum Gasteiger partial charge on any atom is -0.427 e. The summed E-state index contributed by atoms with van der Waals surface area (Å²) >= 11 is 2.66. The molecule has 2 aromatic rings. The van der Waals surface area contributed by atoms with Crippen molar-refractivity contribution < 1.29 is 19.1 Å². The van der Waals surface area contributed by atoms with Gasteiger partial charge in [-0.15, -0.1) is 11.3 Å². The van der Waals surface area contributed by atoms with Crippen LogP contribution in [0.4, 0.5) is 10.8 Å². The average Bonchev–Trinajstić information content (AvgIpc) is 3.25. The number of anilines is 1. The third-order valence-corrected chi connectivity index (χ3v) is 5.56. The Bertz CT molecular complexity index is 897. The number of thioether (sulfide) groups is 1. The molecular formula is C18H18N4O4S2. The quantitative estimate of drug-likeness (QED) is 0.572. The van der Waals surface area contributed by atoms with E-state index in [1.54, 1.807) is 35.4 Å². The Hall–Kier alpha value is -2.72. The molecule has 1 saturated heterocycles. The topological polar surface area (TPSA) is 101 Å². The highest BCUT2D eigenvalue weighted by Crippen LogP contribution is 2.32. The normalized spacial score (nSPS) is 17.8. The van der Waals surface area contributed by atoms with Gasteiger partial charge in [-0.1, -0.05) is 11.8 Å². The van der Waals surface area contributed by atoms with Gasteiger partial charge in [-0.05, 0) is 31.2 Å². The zero-order chi connectivity index (χ0) is 20.1. The monoisotopic (exact) mass is 418 g/mol. The molecular weight excluding hydrogens is 400 g/mol. The number of hydrogen-bond acceptors (Lipinski definition) is 8. The standard InChI is InChI=1S/C18H18N4O4S2/c1-3-22-16(25)14(28-18(22)21-17-19-8-9-27-17)10-15(24)20-12-4-6-13(7-5-12)26-11(2)23/h4-9,14H,3,10H2,1-2H3,(H,20,24). The first kappa shape index (κ1) is 20.0. The van der Waals surface area contributed by atoms with Crippen molar-refractivity contribution in [2.45, 2.75) is 25.5 Å². The van der Waals surface area contributed by atoms with Gasteiger partial charge in [-0.3, -0.25) is 19.3 Å². The van der Waals surface area contributed by atoms with Crippen LogP contribution in [0.5, 0.6) is 5.75 Å². The molecule has 0 spiro atoms. The van der Waals surface area contributed by atoms with Crippen molar-refractivity contribution in [3.63, 3.8) is 0 Å². The minimum atomic E-state index is -0.529. The van der Waals surface area contributed by atoms with Gasteiger partial charge in [-0.2, -0.15) is 4.99 Å². The Labute approximate surface area is 170 Å². The zero-order valence-electron chi connectivity index (χ0n) is 15.2. The number of benzene rings is 1. The molecule has 1 aliphatic rings. The van der Waals surface area contributed by atoms with Crippen LogP contribution in [0.25, 0.3) is 0 Å². The molecule has 2 heterocycles. The maximum atomic E-state index is 12.6. The predicted octanol–water partition coefficient (Wildman–Crippen LogP) is 3.05. The lowest BCUT2D eigenvalue weighted by Gasteiger charge is -2.13. The summed E-state index contributed by atoms with van der Waals surface area (Å²) in [5.41, 5.74) is 0.556. The predicted molar refractivity (Wildman–Crippen MR) is 109 cm³/mol. The molecule has 1 atom stereocenters. The number of amidine groups is 1. The van der Waals surface area contributed by atoms with Crippen LogP contribution in [0, 0.1) is 0 Å². The van der Waals surface area contributed by atoms with Gasteiger partial charge in [0, 0.05) is 37.2 Å². The molecule has 8 nitrogen and oxygen atoms in total. The number of carbonyl (C=O) groups excluding carboxylic acids is 3. The van der Waals surface area contributed by atoms with Crippen LogP contribution >= 0.6 is 23.1 Å². The van der Waals surface area contributed by atoms with Crippen LogP contribution < -0.4 is 10.1 Å². The third kappa shape index (κ3) is 4.96. The summed E-state index contributed by atoms with van der Waals surface area (Å²) in [7, 11) is 0. The van der Waals surface area contributed by atoms with Gasteiger partial charge in [0.25, 0.3) is 0 Å². The lowest BCUT2D eigenvalue weighted by atomic mass is 10.2. The fourth-order valence-corrected chi connectivity index (χ4v) is 4.29. The van der Waals surface area contributed by atoms with Gasteiger partial charge >= 0.3 is 5.97 Å². The number of nitrogens with zero attached hydrogens (tertiary/aromatic N) is 3. The molecule has 10 heteroatoms. The van der Waals surface area contributed by atoms with E-state index >= 15 is 0 Å². The SMILES string of the molecule is CCN1C(=O)C(CC(=O)Nc2ccc(OC(C)=O)cc2)SC1=Nc1nccs1. The zero-order valence-corrected chi connectivity index (χ0v) is 16.9. The number of esters is 1. The van der Waals surface area contributed by atoms with E-state index in [2.05, 4.69) is 15.3 Å². The first-order valence-corrected chi connectivity index (χ1v) is 10.3. The molecule has 3 rings (SSSR count). The Balaban J connectivity index is 1.62. The summed E-state index contributed by atoms with van der Waals surface area (Å²) in [6, 6.07) is 6.44. The van der Waals surface area contributed by atoms with Gasteiger partial charge in [-0.25, -0.2) is 4.98 Å². The number of amides is 2. The number of nitrogens with one attached hydrogen (secondary N) is 1. The number of hydrogen-bond donors (Lipinski definition) is 1. The van der Waals surface area contributed by atoms with E-state index in [-0.39, 0.29) is 18.2 Å². The van der Waals surface area contributed by atoms with Crippen molar-refractivity contribution in [2.75, 3.05) is 11.9 Å². The molecule has 2 amide bonds. The fourth-order valence-electron chi connectivity index (χ4n) is 2.52. The fraction of sp³-hybridized carbons (Fsp3) is 0.278. The summed E-state index contributed by atoms with van der Waals surface area (Å²) in [5.74, 6) is -0.432. The lowest BCUT2D eigenvalue weighted by Crippen LogP contribution is -2.33. The molecule has 0 saturated carbocycles. The molecule has 1 fully saturated rings. The molecule has 0 radical (unpaired) electrons. The second-order valence-corrected chi connectivity index (χ2v) is 7.81. The van der Waals surface area contributed by atoms with Gasteiger partial charge in [0.2, 0.25) is 16.9 Å². The maximum absolute atomic E-state index is 12.6. The van der Waals surface area contributed by atoms with Crippen molar-refractivity contribution in [1.82, 2.24) is 9.88 Å². The van der Waals surface area contributed by atoms with Crippen LogP contribution in [0.2, 0.25) is 0 Å². The molecule has 0 aliphatic carbocycles. The van der Waals surface area contributed by atoms with Crippen LogP contribution in [0.1, 0.15) is 20.3 Å². The highest BCUT2D eigenvalue weighted by molar-refractivity contribution is 8.15. The number of thiazole rings is 1. The van der Waals surface area contributed by atoms with Crippen molar-refractivity contribution in [2.24, 2.45) is 4.99 Å². The molecule has 1 N–H and O–H groups in total. The van der Waals surface area contributed by atoms with E-state index < -0.39 is 11.2 Å². The first-order valence-electron chi connectivity index (χ1n) is 8.51. The van der Waals surface area contributed by atoms with E-state index in [4.69, 9.17) is 4.74 Å². The van der Waals surface area contributed by atoms with Crippen molar-refractivity contribution in [1.29, 1.82) is 0 Å². The minimum absolute atomic E-state index is 0.0303. The van der Waals surface area contributed by atoms with E-state index in [0.717, 1.165) is 0 Å². The maximum Gasteiger partial charge on any atom is 0.308 e. The Morgan fingerprint density at radius 2 is 2.07 bits per heavy atom. The van der Waals surface area contributed by atoms with E-state index in [0.29, 0.717) is 28.3 Å². The van der Waals surface area contributed by atoms with Gasteiger partial charge in [0.15, 0.2) is 5.17 Å². The molecule has 1 aliphatic heterocycles. The van der Waals surface area contributed by atoms with E-state index in [1.807, 2.05) is 12.3 Å². The van der Waals surface area contributed by atoms with Crippen molar-refractivity contribution in [3.05, 3.63) is 35.8 Å². The first-order chi connectivity index (χ1) is 13.5. The molecule has 1 aromatic heterocycles. The Morgan fingerprint density at radius 3 is 2.68 bits per heavy atom. The number of aliphatic imine (C=N–C) groups is 1. The van der Waals surface area contributed by atoms with Gasteiger partial charge < -0.3 is 10.1 Å². The number of ether oxygens (including phenoxy) is 1. The summed E-state index contributed by atoms with van der Waals surface area (Å²) in [6.07, 6.45) is 1.68. The molecule has 146 valence electrons. The number of rotatable bonds is 6. The summed E-state index contributed by atoms with van der Waals surface area (Å²) in [4.78, 5) is 46.0. The number of carbonyl (C=O) groups is 3. The second kappa shape index (κ2) is 8.98. The van der Waals surface area contributed by atoms with Crippen molar-refractivity contribution >= 4 is 56.9 Å². The van der Waals surface area contributed by atoms with E-state index in [9.17, 15) is 14.4 Å². The molecule has 1 unspecified atom stereocenters. The highest BCUT2D eigenvalue weighted by atomic mass is 32.2. The Kier molecular flexibility index (Phi) is 6.42. The van der Waals surface area contributed by atoms with Gasteiger partial charge in [0.1, 0.15) is 11.0 Å². The van der Waals surface area contributed by atoms with Gasteiger partial charge in [0.05, 0.1) is 0 Å². The summed E-state index contributed by atoms with van der Waals surface area (Å²) in [6.45, 7) is 3.66. The van der Waals surface area contributed by atoms with Crippen LogP contribution in [-0.4, -0.2) is 44.6 Å². The van der Waals surface area contributed by atoms with E-state index in [1.165, 1.54) is 30.0 Å². The van der Waals surface area contributed by atoms with Crippen LogP contribution in [0.15, 0.2) is 40.8 Å². The molecule has 28 heavy (non-hydrogen) atoms.